The number of phenolic OH excluding ortho intramolecular Hbond substituents is 1. The largest absolute Gasteiger partial charge is 0.508 e. The minimum Gasteiger partial charge on any atom is -0.508 e. The van der Waals surface area contributed by atoms with Gasteiger partial charge in [0.2, 0.25) is 11.8 Å². The van der Waals surface area contributed by atoms with Gasteiger partial charge in [0.05, 0.1) is 6.04 Å². The number of fused-ring (bicyclic) bond motifs is 1. The number of aliphatic carboxylic acids is 1. The fraction of sp³-hybridized carbons (Fsp3) is 0.375. The first kappa shape index (κ1) is 23.3. The summed E-state index contributed by atoms with van der Waals surface area (Å²) in [7, 11) is 0. The molecule has 0 bridgehead atoms. The van der Waals surface area contributed by atoms with Gasteiger partial charge < -0.3 is 26.2 Å². The van der Waals surface area contributed by atoms with Gasteiger partial charge in [-0.2, -0.15) is 0 Å². The van der Waals surface area contributed by atoms with Crippen LogP contribution in [0.15, 0.2) is 36.4 Å². The van der Waals surface area contributed by atoms with Gasteiger partial charge in [-0.25, -0.2) is 0 Å². The molecule has 0 spiro atoms. The van der Waals surface area contributed by atoms with E-state index in [-0.39, 0.29) is 31.0 Å². The Morgan fingerprint density at radius 1 is 1.16 bits per heavy atom. The standard InChI is InChI=1S/C24H29N3O5/c1-13-8-18(28)9-14(2)19(13)11-20(25)23(30)27-12-17-7-5-4-6-16(17)10-21(27)22(29)26-15(3)24(31)32/h4-9,15,20-21,28H,10-12,25H2,1-3H3,(H,26,29)(H,31,32)/t15-,20?,21?/m1/s1. The molecule has 170 valence electrons. The molecule has 5 N–H and O–H groups in total. The molecule has 3 atom stereocenters. The van der Waals surface area contributed by atoms with Crippen LogP contribution in [0, 0.1) is 13.8 Å². The fourth-order valence-corrected chi connectivity index (χ4v) is 4.17. The fourth-order valence-electron chi connectivity index (χ4n) is 4.17. The van der Waals surface area contributed by atoms with Crippen LogP contribution < -0.4 is 11.1 Å². The Balaban J connectivity index is 1.87. The molecule has 0 radical (unpaired) electrons. The lowest BCUT2D eigenvalue weighted by atomic mass is 9.91. The first-order valence-electron chi connectivity index (χ1n) is 10.5. The summed E-state index contributed by atoms with van der Waals surface area (Å²) < 4.78 is 0. The third kappa shape index (κ3) is 4.91. The topological polar surface area (TPSA) is 133 Å². The predicted octanol–water partition coefficient (Wildman–Crippen LogP) is 1.42. The van der Waals surface area contributed by atoms with Crippen molar-refractivity contribution in [3.63, 3.8) is 0 Å². The van der Waals surface area contributed by atoms with E-state index in [9.17, 15) is 19.5 Å². The molecule has 2 amide bonds. The van der Waals surface area contributed by atoms with E-state index in [0.29, 0.717) is 0 Å². The highest BCUT2D eigenvalue weighted by Gasteiger charge is 2.37. The van der Waals surface area contributed by atoms with Gasteiger partial charge in [-0.1, -0.05) is 24.3 Å². The zero-order valence-corrected chi connectivity index (χ0v) is 18.5. The summed E-state index contributed by atoms with van der Waals surface area (Å²) in [5, 5.41) is 21.4. The van der Waals surface area contributed by atoms with Crippen molar-refractivity contribution in [1.82, 2.24) is 10.2 Å². The lowest BCUT2D eigenvalue weighted by molar-refractivity contribution is -0.145. The zero-order chi connectivity index (χ0) is 23.6. The lowest BCUT2D eigenvalue weighted by Gasteiger charge is -2.37. The number of carboxylic acids is 1. The van der Waals surface area contributed by atoms with Crippen LogP contribution in [0.3, 0.4) is 0 Å². The van der Waals surface area contributed by atoms with E-state index in [1.165, 1.54) is 11.8 Å². The van der Waals surface area contributed by atoms with Crippen molar-refractivity contribution in [2.45, 2.75) is 58.3 Å². The molecular formula is C24H29N3O5. The minimum atomic E-state index is -1.15. The van der Waals surface area contributed by atoms with E-state index < -0.39 is 30.0 Å². The highest BCUT2D eigenvalue weighted by Crippen LogP contribution is 2.26. The van der Waals surface area contributed by atoms with Crippen LogP contribution in [0.4, 0.5) is 0 Å². The third-order valence-corrected chi connectivity index (χ3v) is 5.99. The maximum Gasteiger partial charge on any atom is 0.325 e. The summed E-state index contributed by atoms with van der Waals surface area (Å²) in [6, 6.07) is 7.98. The molecule has 2 unspecified atom stereocenters. The van der Waals surface area contributed by atoms with E-state index >= 15 is 0 Å². The van der Waals surface area contributed by atoms with Crippen LogP contribution in [-0.2, 0) is 33.8 Å². The van der Waals surface area contributed by atoms with Gasteiger partial charge in [-0.15, -0.1) is 0 Å². The van der Waals surface area contributed by atoms with Crippen molar-refractivity contribution >= 4 is 17.8 Å². The number of carbonyl (C=O) groups is 3. The van der Waals surface area contributed by atoms with Crippen molar-refractivity contribution in [3.8, 4) is 5.75 Å². The molecular weight excluding hydrogens is 410 g/mol. The number of aromatic hydroxyl groups is 1. The second-order valence-electron chi connectivity index (χ2n) is 8.39. The first-order chi connectivity index (χ1) is 15.1. The maximum absolute atomic E-state index is 13.4. The summed E-state index contributed by atoms with van der Waals surface area (Å²) in [6.07, 6.45) is 0.541. The average molecular weight is 440 g/mol. The number of hydrogen-bond donors (Lipinski definition) is 4. The second-order valence-corrected chi connectivity index (χ2v) is 8.39. The van der Waals surface area contributed by atoms with Crippen molar-refractivity contribution < 1.29 is 24.6 Å². The highest BCUT2D eigenvalue weighted by molar-refractivity contribution is 5.92. The molecule has 8 nitrogen and oxygen atoms in total. The number of nitrogens with zero attached hydrogens (tertiary/aromatic N) is 1. The van der Waals surface area contributed by atoms with Gasteiger partial charge in [-0.3, -0.25) is 14.4 Å². The molecule has 1 heterocycles. The Morgan fingerprint density at radius 2 is 1.75 bits per heavy atom. The van der Waals surface area contributed by atoms with Crippen LogP contribution in [0.1, 0.15) is 34.7 Å². The Kier molecular flexibility index (Phi) is 6.84. The Morgan fingerprint density at radius 3 is 2.34 bits per heavy atom. The number of rotatable bonds is 6. The highest BCUT2D eigenvalue weighted by atomic mass is 16.4. The number of hydrogen-bond acceptors (Lipinski definition) is 5. The van der Waals surface area contributed by atoms with Crippen LogP contribution in [0.25, 0.3) is 0 Å². The second kappa shape index (κ2) is 9.40. The minimum absolute atomic E-state index is 0.153. The Hall–Kier alpha value is -3.39. The molecule has 8 heteroatoms. The number of carbonyl (C=O) groups excluding carboxylic acids is 2. The van der Waals surface area contributed by atoms with E-state index in [2.05, 4.69) is 5.32 Å². The number of nitrogens with two attached hydrogens (primary N) is 1. The summed E-state index contributed by atoms with van der Waals surface area (Å²) >= 11 is 0. The number of aryl methyl sites for hydroxylation is 2. The summed E-state index contributed by atoms with van der Waals surface area (Å²) in [5.74, 6) is -1.90. The van der Waals surface area contributed by atoms with Crippen molar-refractivity contribution in [3.05, 3.63) is 64.2 Å². The number of carboxylic acid groups (broad SMARTS) is 1. The van der Waals surface area contributed by atoms with Crippen LogP contribution >= 0.6 is 0 Å². The van der Waals surface area contributed by atoms with E-state index in [0.717, 1.165) is 27.8 Å². The summed E-state index contributed by atoms with van der Waals surface area (Å²) in [6.45, 7) is 5.29. The van der Waals surface area contributed by atoms with E-state index in [1.54, 1.807) is 12.1 Å². The SMILES string of the molecule is Cc1cc(O)cc(C)c1CC(N)C(=O)N1Cc2ccccc2CC1C(=O)N[C@H](C)C(=O)O. The van der Waals surface area contributed by atoms with Crippen molar-refractivity contribution in [2.24, 2.45) is 5.73 Å². The average Bonchev–Trinajstić information content (AvgIpc) is 2.74. The molecule has 1 aliphatic rings. The molecule has 2 aromatic rings. The molecule has 0 aromatic heterocycles. The molecule has 1 aliphatic heterocycles. The molecule has 0 aliphatic carbocycles. The maximum atomic E-state index is 13.4. The third-order valence-electron chi connectivity index (χ3n) is 5.99. The first-order valence-corrected chi connectivity index (χ1v) is 10.5. The molecule has 0 fully saturated rings. The van der Waals surface area contributed by atoms with Crippen LogP contribution in [0.2, 0.25) is 0 Å². The number of benzene rings is 2. The summed E-state index contributed by atoms with van der Waals surface area (Å²) in [4.78, 5) is 39.0. The Labute approximate surface area is 187 Å². The molecule has 32 heavy (non-hydrogen) atoms. The predicted molar refractivity (Wildman–Crippen MR) is 119 cm³/mol. The Bertz CT molecular complexity index is 1030. The molecule has 3 rings (SSSR count). The lowest BCUT2D eigenvalue weighted by Crippen LogP contribution is -2.58. The summed E-state index contributed by atoms with van der Waals surface area (Å²) in [5.41, 5.74) is 10.7. The normalized spacial score (nSPS) is 17.2. The van der Waals surface area contributed by atoms with Crippen molar-refractivity contribution in [2.75, 3.05) is 0 Å². The number of phenols is 1. The van der Waals surface area contributed by atoms with E-state index in [1.807, 2.05) is 38.1 Å². The molecule has 0 saturated heterocycles. The molecule has 0 saturated carbocycles. The quantitative estimate of drug-likeness (QED) is 0.538. The van der Waals surface area contributed by atoms with Gasteiger partial charge in [0.25, 0.3) is 0 Å². The van der Waals surface area contributed by atoms with E-state index in [4.69, 9.17) is 10.8 Å². The van der Waals surface area contributed by atoms with Gasteiger partial charge in [0.1, 0.15) is 17.8 Å². The zero-order valence-electron chi connectivity index (χ0n) is 18.5. The van der Waals surface area contributed by atoms with Crippen molar-refractivity contribution in [1.29, 1.82) is 0 Å². The van der Waals surface area contributed by atoms with Crippen LogP contribution in [0.5, 0.6) is 5.75 Å². The van der Waals surface area contributed by atoms with Gasteiger partial charge >= 0.3 is 5.97 Å². The van der Waals surface area contributed by atoms with Crippen LogP contribution in [-0.4, -0.2) is 51.0 Å². The molecule has 2 aromatic carbocycles. The van der Waals surface area contributed by atoms with Gasteiger partial charge in [-0.05, 0) is 67.1 Å². The number of amides is 2. The monoisotopic (exact) mass is 439 g/mol. The van der Waals surface area contributed by atoms with Gasteiger partial charge in [0.15, 0.2) is 0 Å². The number of nitrogens with one attached hydrogen (secondary N) is 1. The van der Waals surface area contributed by atoms with Gasteiger partial charge in [0, 0.05) is 13.0 Å². The smallest absolute Gasteiger partial charge is 0.325 e.